The fraction of sp³-hybridized carbons (Fsp3) is 0.250. The molecule has 0 aliphatic rings. The maximum Gasteiger partial charge on any atom is 0.119 e. The smallest absolute Gasteiger partial charge is 0.119 e. The van der Waals surface area contributed by atoms with Crippen molar-refractivity contribution in [3.63, 3.8) is 0 Å². The van der Waals surface area contributed by atoms with Crippen LogP contribution >= 0.6 is 23.2 Å². The Morgan fingerprint density at radius 3 is 2.50 bits per heavy atom. The second-order valence-corrected chi connectivity index (χ2v) is 5.23. The van der Waals surface area contributed by atoms with Crippen molar-refractivity contribution < 1.29 is 4.74 Å². The van der Waals surface area contributed by atoms with E-state index in [0.29, 0.717) is 16.6 Å². The Bertz CT molecular complexity index is 555. The highest BCUT2D eigenvalue weighted by molar-refractivity contribution is 6.43. The molecule has 2 aromatic carbocycles. The number of hydrogen-bond acceptors (Lipinski definition) is 2. The highest BCUT2D eigenvalue weighted by atomic mass is 35.5. The van der Waals surface area contributed by atoms with Gasteiger partial charge in [0.05, 0.1) is 22.3 Å². The first-order chi connectivity index (χ1) is 9.70. The second-order valence-electron chi connectivity index (χ2n) is 4.45. The predicted molar refractivity (Wildman–Crippen MR) is 86.0 cm³/mol. The van der Waals surface area contributed by atoms with Crippen LogP contribution in [0.4, 0.5) is 5.69 Å². The van der Waals surface area contributed by atoms with E-state index in [1.165, 1.54) is 0 Å². The molecule has 0 aliphatic heterocycles. The van der Waals surface area contributed by atoms with Crippen LogP contribution < -0.4 is 10.1 Å². The van der Waals surface area contributed by atoms with E-state index in [-0.39, 0.29) is 0 Å². The van der Waals surface area contributed by atoms with Gasteiger partial charge in [0, 0.05) is 6.54 Å². The molecule has 0 fully saturated rings. The van der Waals surface area contributed by atoms with E-state index in [4.69, 9.17) is 27.9 Å². The van der Waals surface area contributed by atoms with Gasteiger partial charge in [-0.3, -0.25) is 0 Å². The molecule has 2 aromatic rings. The van der Waals surface area contributed by atoms with Crippen LogP contribution in [0.15, 0.2) is 42.5 Å². The van der Waals surface area contributed by atoms with E-state index in [2.05, 4.69) is 12.2 Å². The maximum atomic E-state index is 6.13. The summed E-state index contributed by atoms with van der Waals surface area (Å²) >= 11 is 12.1. The van der Waals surface area contributed by atoms with Gasteiger partial charge in [-0.15, -0.1) is 0 Å². The van der Waals surface area contributed by atoms with Crippen molar-refractivity contribution in [2.75, 3.05) is 11.9 Å². The lowest BCUT2D eigenvalue weighted by Crippen LogP contribution is -2.00. The molecule has 0 amide bonds. The average molecular weight is 310 g/mol. The summed E-state index contributed by atoms with van der Waals surface area (Å²) in [5.41, 5.74) is 2.00. The zero-order valence-corrected chi connectivity index (χ0v) is 12.8. The van der Waals surface area contributed by atoms with Crippen molar-refractivity contribution in [2.45, 2.75) is 19.9 Å². The Labute approximate surface area is 129 Å². The minimum Gasteiger partial charge on any atom is -0.494 e. The third-order valence-electron chi connectivity index (χ3n) is 2.83. The van der Waals surface area contributed by atoms with Crippen molar-refractivity contribution >= 4 is 28.9 Å². The van der Waals surface area contributed by atoms with Gasteiger partial charge in [-0.1, -0.05) is 48.3 Å². The molecule has 0 aliphatic carbocycles. The van der Waals surface area contributed by atoms with Gasteiger partial charge < -0.3 is 10.1 Å². The largest absolute Gasteiger partial charge is 0.494 e. The van der Waals surface area contributed by atoms with Crippen LogP contribution in [0.1, 0.15) is 18.9 Å². The molecule has 2 nitrogen and oxygen atoms in total. The minimum absolute atomic E-state index is 0.553. The zero-order chi connectivity index (χ0) is 14.4. The Hall–Kier alpha value is -1.38. The van der Waals surface area contributed by atoms with Gasteiger partial charge in [0.2, 0.25) is 0 Å². The van der Waals surface area contributed by atoms with E-state index >= 15 is 0 Å². The number of benzene rings is 2. The normalized spacial score (nSPS) is 10.3. The lowest BCUT2D eigenvalue weighted by Gasteiger charge is -2.10. The van der Waals surface area contributed by atoms with Gasteiger partial charge in [0.15, 0.2) is 0 Å². The van der Waals surface area contributed by atoms with Crippen LogP contribution in [0, 0.1) is 0 Å². The van der Waals surface area contributed by atoms with Gasteiger partial charge in [-0.2, -0.15) is 0 Å². The third kappa shape index (κ3) is 4.06. The molecule has 106 valence electrons. The van der Waals surface area contributed by atoms with Gasteiger partial charge >= 0.3 is 0 Å². The van der Waals surface area contributed by atoms with Crippen molar-refractivity contribution in [3.05, 3.63) is 58.1 Å². The molecule has 1 N–H and O–H groups in total. The molecular weight excluding hydrogens is 293 g/mol. The molecule has 0 heterocycles. The summed E-state index contributed by atoms with van der Waals surface area (Å²) in [4.78, 5) is 0. The number of nitrogens with one attached hydrogen (secondary N) is 1. The van der Waals surface area contributed by atoms with E-state index in [0.717, 1.165) is 30.0 Å². The van der Waals surface area contributed by atoms with Gasteiger partial charge in [0.1, 0.15) is 5.75 Å². The summed E-state index contributed by atoms with van der Waals surface area (Å²) in [5, 5.41) is 4.38. The van der Waals surface area contributed by atoms with Crippen LogP contribution in [0.5, 0.6) is 5.75 Å². The molecule has 20 heavy (non-hydrogen) atoms. The van der Waals surface area contributed by atoms with Crippen LogP contribution in [-0.2, 0) is 6.54 Å². The molecule has 0 bridgehead atoms. The minimum atomic E-state index is 0.553. The van der Waals surface area contributed by atoms with Gasteiger partial charge in [-0.05, 0) is 36.2 Å². The monoisotopic (exact) mass is 309 g/mol. The van der Waals surface area contributed by atoms with Crippen LogP contribution in [0.25, 0.3) is 0 Å². The van der Waals surface area contributed by atoms with Crippen molar-refractivity contribution in [1.82, 2.24) is 0 Å². The van der Waals surface area contributed by atoms with Gasteiger partial charge in [0.25, 0.3) is 0 Å². The maximum absolute atomic E-state index is 6.13. The highest BCUT2D eigenvalue weighted by Gasteiger charge is 2.03. The quantitative estimate of drug-likeness (QED) is 0.772. The van der Waals surface area contributed by atoms with E-state index in [1.54, 1.807) is 6.07 Å². The van der Waals surface area contributed by atoms with Crippen LogP contribution in [-0.4, -0.2) is 6.61 Å². The van der Waals surface area contributed by atoms with Crippen molar-refractivity contribution in [2.24, 2.45) is 0 Å². The first kappa shape index (κ1) is 15.0. The standard InChI is InChI=1S/C16H17Cl2NO/c1-2-10-20-13-8-6-12(7-9-13)11-19-15-5-3-4-14(17)16(15)18/h3-9,19H,2,10-11H2,1H3. The third-order valence-corrected chi connectivity index (χ3v) is 3.65. The predicted octanol–water partition coefficient (Wildman–Crippen LogP) is 5.39. The number of rotatable bonds is 6. The first-order valence-electron chi connectivity index (χ1n) is 6.60. The summed E-state index contributed by atoms with van der Waals surface area (Å²) < 4.78 is 5.55. The topological polar surface area (TPSA) is 21.3 Å². The van der Waals surface area contributed by atoms with E-state index in [1.807, 2.05) is 36.4 Å². The lowest BCUT2D eigenvalue weighted by atomic mass is 10.2. The fourth-order valence-electron chi connectivity index (χ4n) is 1.76. The number of hydrogen-bond donors (Lipinski definition) is 1. The molecule has 0 atom stereocenters. The van der Waals surface area contributed by atoms with Crippen molar-refractivity contribution in [3.8, 4) is 5.75 Å². The summed E-state index contributed by atoms with van der Waals surface area (Å²) in [7, 11) is 0. The average Bonchev–Trinajstić information content (AvgIpc) is 2.48. The SMILES string of the molecule is CCCOc1ccc(CNc2cccc(Cl)c2Cl)cc1. The molecule has 0 saturated heterocycles. The number of ether oxygens (including phenoxy) is 1. The molecule has 0 spiro atoms. The summed E-state index contributed by atoms with van der Waals surface area (Å²) in [6.07, 6.45) is 1.01. The van der Waals surface area contributed by atoms with E-state index < -0.39 is 0 Å². The zero-order valence-electron chi connectivity index (χ0n) is 11.3. The Morgan fingerprint density at radius 2 is 1.80 bits per heavy atom. The first-order valence-corrected chi connectivity index (χ1v) is 7.36. The molecule has 0 unspecified atom stereocenters. The molecule has 0 aromatic heterocycles. The Morgan fingerprint density at radius 1 is 1.05 bits per heavy atom. The second kappa shape index (κ2) is 7.41. The highest BCUT2D eigenvalue weighted by Crippen LogP contribution is 2.29. The number of anilines is 1. The van der Waals surface area contributed by atoms with E-state index in [9.17, 15) is 0 Å². The molecule has 0 radical (unpaired) electrons. The van der Waals surface area contributed by atoms with Gasteiger partial charge in [-0.25, -0.2) is 0 Å². The molecule has 0 saturated carbocycles. The molecule has 2 rings (SSSR count). The van der Waals surface area contributed by atoms with Crippen molar-refractivity contribution in [1.29, 1.82) is 0 Å². The molecular formula is C16H17Cl2NO. The molecule has 4 heteroatoms. The summed E-state index contributed by atoms with van der Waals surface area (Å²) in [6, 6.07) is 13.6. The summed E-state index contributed by atoms with van der Waals surface area (Å²) in [5.74, 6) is 0.899. The Balaban J connectivity index is 1.95. The lowest BCUT2D eigenvalue weighted by molar-refractivity contribution is 0.317. The Kier molecular flexibility index (Phi) is 5.57. The fourth-order valence-corrected chi connectivity index (χ4v) is 2.13. The van der Waals surface area contributed by atoms with Crippen LogP contribution in [0.2, 0.25) is 10.0 Å². The van der Waals surface area contributed by atoms with Crippen LogP contribution in [0.3, 0.4) is 0 Å². The summed E-state index contributed by atoms with van der Waals surface area (Å²) in [6.45, 7) is 3.52. The number of halogens is 2.